The van der Waals surface area contributed by atoms with Gasteiger partial charge in [-0.05, 0) is 69.1 Å². The fourth-order valence-corrected chi connectivity index (χ4v) is 10.8. The van der Waals surface area contributed by atoms with Crippen molar-refractivity contribution in [2.45, 2.75) is 183 Å². The van der Waals surface area contributed by atoms with Crippen LogP contribution in [0, 0.1) is 10.8 Å². The molecular formula is C52H78N11O14Si. The number of guanidine groups is 2. The van der Waals surface area contributed by atoms with Crippen molar-refractivity contribution in [2.24, 2.45) is 5.73 Å². The number of fused-ring (bicyclic) bond motifs is 3. The minimum absolute atomic E-state index is 0.0595. The summed E-state index contributed by atoms with van der Waals surface area (Å²) in [4.78, 5) is 72.6. The summed E-state index contributed by atoms with van der Waals surface area (Å²) in [5, 5.41) is 70.6. The Morgan fingerprint density at radius 2 is 1.46 bits per heavy atom. The monoisotopic (exact) mass is 1110 g/mol. The Kier molecular flexibility index (Phi) is 18.3. The highest BCUT2D eigenvalue weighted by atomic mass is 28.4. The number of hydrogen-bond acceptors (Lipinski definition) is 17. The number of carbonyl (C=O) groups is 4. The maximum Gasteiger partial charge on any atom is 0.246 e. The first-order valence-corrected chi connectivity index (χ1v) is 29.1. The van der Waals surface area contributed by atoms with Crippen LogP contribution in [0.1, 0.15) is 72.4 Å². The third kappa shape index (κ3) is 13.8. The number of benzene rings is 2. The number of nitrogens with zero attached hydrogens (tertiary/aromatic N) is 1. The average Bonchev–Trinajstić information content (AvgIpc) is 4.14. The smallest absolute Gasteiger partial charge is 0.246 e. The molecule has 10 unspecified atom stereocenters. The number of carbonyl (C=O) groups excluding carboxylic acids is 5. The molecule has 5 aliphatic rings. The minimum Gasteiger partial charge on any atom is -0.508 e. The van der Waals surface area contributed by atoms with Crippen LogP contribution in [0.4, 0.5) is 0 Å². The van der Waals surface area contributed by atoms with Crippen molar-refractivity contribution in [3.05, 3.63) is 65.7 Å². The Bertz CT molecular complexity index is 2500. The molecule has 26 heteroatoms. The predicted octanol–water partition coefficient (Wildman–Crippen LogP) is -1.04. The largest absolute Gasteiger partial charge is 0.508 e. The van der Waals surface area contributed by atoms with Gasteiger partial charge in [0.1, 0.15) is 66.5 Å². The number of aliphatic hydroxyl groups is 2. The molecular weight excluding hydrogens is 1030 g/mol. The number of ether oxygens (including phenoxy) is 5. The summed E-state index contributed by atoms with van der Waals surface area (Å²) in [6.45, 7) is 18.0. The van der Waals surface area contributed by atoms with Gasteiger partial charge in [0.15, 0.2) is 38.0 Å². The number of amides is 4. The molecule has 5 fully saturated rings. The van der Waals surface area contributed by atoms with Gasteiger partial charge in [0.25, 0.3) is 0 Å². The quantitative estimate of drug-likeness (QED) is 0.0664. The molecule has 1 radical (unpaired) electrons. The van der Waals surface area contributed by atoms with Gasteiger partial charge in [-0.3, -0.25) is 34.8 Å². The summed E-state index contributed by atoms with van der Waals surface area (Å²) in [6.07, 6.45) is -6.58. The zero-order chi connectivity index (χ0) is 57.2. The molecule has 0 spiro atoms. The van der Waals surface area contributed by atoms with Crippen molar-refractivity contribution in [1.29, 1.82) is 10.8 Å². The van der Waals surface area contributed by atoms with Crippen LogP contribution in [0.2, 0.25) is 18.1 Å². The third-order valence-electron chi connectivity index (χ3n) is 15.4. The topological polar surface area (TPSA) is 363 Å². The van der Waals surface area contributed by atoms with E-state index < -0.39 is 135 Å². The zero-order valence-electron chi connectivity index (χ0n) is 45.7. The van der Waals surface area contributed by atoms with Crippen LogP contribution in [0.25, 0.3) is 0 Å². The Labute approximate surface area is 455 Å². The van der Waals surface area contributed by atoms with Crippen LogP contribution < -0.4 is 43.0 Å². The molecule has 2 aromatic rings. The van der Waals surface area contributed by atoms with Crippen LogP contribution in [0.3, 0.4) is 0 Å². The van der Waals surface area contributed by atoms with Gasteiger partial charge < -0.3 is 91.3 Å². The van der Waals surface area contributed by atoms with Crippen molar-refractivity contribution in [3.63, 3.8) is 0 Å². The number of hydrogen-bond donors (Lipinski definition) is 13. The summed E-state index contributed by atoms with van der Waals surface area (Å²) in [5.41, 5.74) is 7.72. The normalized spacial score (nSPS) is 27.6. The molecule has 5 saturated heterocycles. The molecule has 0 aromatic heterocycles. The SMILES string of the molecule is CC(c1ccccc1)[C@H](N)C(=O)N[C@@H](Cc1ccc(O)cc1)C(=O)N[C@H](C(=O)N[C@H](C(=O)N[C@H]([C]=O)CO[Si](C)(C)C(C)(C)C)C(O)C1CNC(=N)N1C1OC2COC(C)(C)OC2C2OC(C)(C)OC21)C(O)C1CNC(=N)N1. The summed E-state index contributed by atoms with van der Waals surface area (Å²) in [6, 6.07) is 4.40. The van der Waals surface area contributed by atoms with Gasteiger partial charge in [0, 0.05) is 25.4 Å². The fraction of sp³-hybridized carbons (Fsp3) is 0.635. The van der Waals surface area contributed by atoms with Gasteiger partial charge in [0.05, 0.1) is 31.3 Å². The lowest BCUT2D eigenvalue weighted by molar-refractivity contribution is -0.356. The first-order chi connectivity index (χ1) is 36.5. The number of aromatic hydroxyl groups is 1. The second-order valence-electron chi connectivity index (χ2n) is 23.0. The Balaban J connectivity index is 1.22. The zero-order valence-corrected chi connectivity index (χ0v) is 46.7. The number of rotatable bonds is 21. The highest BCUT2D eigenvalue weighted by Gasteiger charge is 2.62. The molecule has 25 nitrogen and oxygen atoms in total. The van der Waals surface area contributed by atoms with Crippen molar-refractivity contribution in [3.8, 4) is 5.75 Å². The van der Waals surface area contributed by atoms with E-state index in [0.29, 0.717) is 5.56 Å². The number of aliphatic hydroxyl groups excluding tert-OH is 2. The second-order valence-corrected chi connectivity index (χ2v) is 27.8. The summed E-state index contributed by atoms with van der Waals surface area (Å²) in [7, 11) is -2.53. The van der Waals surface area contributed by atoms with E-state index in [4.69, 9.17) is 44.7 Å². The average molecular weight is 1110 g/mol. The van der Waals surface area contributed by atoms with E-state index in [2.05, 4.69) is 37.2 Å². The molecule has 0 aliphatic carbocycles. The highest BCUT2D eigenvalue weighted by Crippen LogP contribution is 2.44. The maximum atomic E-state index is 15.1. The van der Waals surface area contributed by atoms with Crippen molar-refractivity contribution in [2.75, 3.05) is 26.3 Å². The number of nitrogens with two attached hydrogens (primary N) is 1. The van der Waals surface area contributed by atoms with E-state index in [1.165, 1.54) is 29.2 Å². The Hall–Kier alpha value is -5.81. The molecule has 7 rings (SSSR count). The predicted molar refractivity (Wildman–Crippen MR) is 285 cm³/mol. The number of nitrogens with one attached hydrogen (secondary N) is 9. The lowest BCUT2D eigenvalue weighted by atomic mass is 9.93. The van der Waals surface area contributed by atoms with Crippen LogP contribution in [-0.2, 0) is 58.5 Å². The third-order valence-corrected chi connectivity index (χ3v) is 19.9. The molecule has 0 saturated carbocycles. The summed E-state index contributed by atoms with van der Waals surface area (Å²) < 4.78 is 37.9. The number of phenolic OH excluding ortho intramolecular Hbond substituents is 1. The molecule has 2 aromatic carbocycles. The highest BCUT2D eigenvalue weighted by molar-refractivity contribution is 6.74. The molecule has 0 bridgehead atoms. The first-order valence-electron chi connectivity index (χ1n) is 26.2. The summed E-state index contributed by atoms with van der Waals surface area (Å²) >= 11 is 0. The van der Waals surface area contributed by atoms with Crippen LogP contribution in [-0.4, -0.2) is 193 Å². The van der Waals surface area contributed by atoms with Crippen LogP contribution >= 0.6 is 0 Å². The van der Waals surface area contributed by atoms with E-state index in [1.54, 1.807) is 65.2 Å². The molecule has 429 valence electrons. The first kappa shape index (κ1) is 59.8. The second kappa shape index (κ2) is 23.9. The van der Waals surface area contributed by atoms with Gasteiger partial charge in [0.2, 0.25) is 29.9 Å². The van der Waals surface area contributed by atoms with Gasteiger partial charge in [-0.1, -0.05) is 70.2 Å². The van der Waals surface area contributed by atoms with E-state index in [9.17, 15) is 34.5 Å². The van der Waals surface area contributed by atoms with Gasteiger partial charge in [-0.2, -0.15) is 0 Å². The van der Waals surface area contributed by atoms with E-state index in [1.807, 2.05) is 39.9 Å². The lowest BCUT2D eigenvalue weighted by Crippen LogP contribution is -2.70. The molecule has 15 atom stereocenters. The van der Waals surface area contributed by atoms with E-state index in [0.717, 1.165) is 5.56 Å². The Morgan fingerprint density at radius 3 is 2.09 bits per heavy atom. The molecule has 78 heavy (non-hydrogen) atoms. The van der Waals surface area contributed by atoms with Gasteiger partial charge in [-0.15, -0.1) is 0 Å². The number of phenols is 1. The standard InChI is InChI=1S/C52H78N11O14Si/c1-26(28-14-12-11-13-15-28)35(53)44(69)59-31(20-27-16-18-30(65)19-17-27)43(68)61-36(38(66)32-21-56-48(54)60-32)46(71)62-37(45(70)58-29(23-64)24-73-78(9,10)50(2,3)4)39(67)33-22-57-49(55)63(33)47-42-41(76-52(7,8)77-42)40-34(74-47)25-72-51(5,6)75-40/h11-19,26,29,31-42,47,65-67H,20-22,24-25,53H2,1-10H3,(H2,55,57)(H,58,70)(H,59,69)(H,61,68)(H,62,71)(H3,54,56,60)/t26?,29-,31+,32?,33?,34?,35+,36+,37+,38?,39?,40?,41?,42?,47?/m1/s1. The van der Waals surface area contributed by atoms with Crippen molar-refractivity contribution in [1.82, 2.24) is 42.1 Å². The van der Waals surface area contributed by atoms with E-state index >= 15 is 4.79 Å². The minimum atomic E-state index is -2.53. The summed E-state index contributed by atoms with van der Waals surface area (Å²) in [5.74, 6) is -7.23. The van der Waals surface area contributed by atoms with Crippen molar-refractivity contribution < 1.29 is 67.4 Å². The maximum absolute atomic E-state index is 15.1. The molecule has 14 N–H and O–H groups in total. The van der Waals surface area contributed by atoms with Gasteiger partial charge >= 0.3 is 0 Å². The van der Waals surface area contributed by atoms with Crippen molar-refractivity contribution >= 4 is 50.2 Å². The van der Waals surface area contributed by atoms with Crippen LogP contribution in [0.15, 0.2) is 54.6 Å². The molecule has 5 heterocycles. The lowest BCUT2D eigenvalue weighted by Gasteiger charge is -2.51. The van der Waals surface area contributed by atoms with Crippen LogP contribution in [0.5, 0.6) is 5.75 Å². The van der Waals surface area contributed by atoms with Gasteiger partial charge in [-0.25, -0.2) is 0 Å². The molecule has 5 aliphatic heterocycles. The Morgan fingerprint density at radius 1 is 0.846 bits per heavy atom. The fourth-order valence-electron chi connectivity index (χ4n) is 9.82. The van der Waals surface area contributed by atoms with E-state index in [-0.39, 0.29) is 55.4 Å². The molecule has 4 amide bonds.